The predicted molar refractivity (Wildman–Crippen MR) is 46.7 cm³/mol. The van der Waals surface area contributed by atoms with E-state index in [1.54, 1.807) is 6.92 Å². The van der Waals surface area contributed by atoms with E-state index in [1.165, 1.54) is 31.4 Å². The SMILES string of the molecule is CCOC(=O)C=CC=COC(C)=O. The topological polar surface area (TPSA) is 52.6 Å². The number of ether oxygens (including phenoxy) is 2. The molecule has 0 atom stereocenters. The molecule has 0 saturated heterocycles. The first-order valence-electron chi connectivity index (χ1n) is 3.84. The minimum atomic E-state index is -0.421. The van der Waals surface area contributed by atoms with E-state index in [1.807, 2.05) is 0 Å². The van der Waals surface area contributed by atoms with E-state index >= 15 is 0 Å². The molecule has 0 aliphatic heterocycles. The number of allylic oxidation sites excluding steroid dienone is 2. The molecule has 0 aliphatic carbocycles. The molecule has 4 nitrogen and oxygen atoms in total. The van der Waals surface area contributed by atoms with Crippen molar-refractivity contribution >= 4 is 11.9 Å². The van der Waals surface area contributed by atoms with Gasteiger partial charge >= 0.3 is 11.9 Å². The van der Waals surface area contributed by atoms with E-state index in [9.17, 15) is 9.59 Å². The zero-order chi connectivity index (χ0) is 10.1. The lowest BCUT2D eigenvalue weighted by molar-refractivity contribution is -0.137. The van der Waals surface area contributed by atoms with Crippen LogP contribution >= 0.6 is 0 Å². The Balaban J connectivity index is 3.67. The van der Waals surface area contributed by atoms with Crippen molar-refractivity contribution in [3.05, 3.63) is 24.5 Å². The van der Waals surface area contributed by atoms with Gasteiger partial charge in [0.05, 0.1) is 12.9 Å². The van der Waals surface area contributed by atoms with Crippen LogP contribution in [0.5, 0.6) is 0 Å². The molecule has 4 heteroatoms. The summed E-state index contributed by atoms with van der Waals surface area (Å²) >= 11 is 0. The second-order valence-corrected chi connectivity index (χ2v) is 2.05. The van der Waals surface area contributed by atoms with E-state index in [0.717, 1.165) is 0 Å². The third-order valence-corrected chi connectivity index (χ3v) is 0.943. The van der Waals surface area contributed by atoms with Crippen molar-refractivity contribution in [1.82, 2.24) is 0 Å². The number of hydrogen-bond acceptors (Lipinski definition) is 4. The van der Waals surface area contributed by atoms with Crippen LogP contribution in [-0.2, 0) is 19.1 Å². The summed E-state index contributed by atoms with van der Waals surface area (Å²) in [6.45, 7) is 3.36. The van der Waals surface area contributed by atoms with Gasteiger partial charge in [0.25, 0.3) is 0 Å². The molecule has 0 amide bonds. The monoisotopic (exact) mass is 184 g/mol. The molecule has 0 bridgehead atoms. The van der Waals surface area contributed by atoms with Gasteiger partial charge in [0, 0.05) is 13.0 Å². The highest BCUT2D eigenvalue weighted by Crippen LogP contribution is 1.84. The molecular weight excluding hydrogens is 172 g/mol. The van der Waals surface area contributed by atoms with E-state index in [2.05, 4.69) is 9.47 Å². The van der Waals surface area contributed by atoms with Gasteiger partial charge in [-0.15, -0.1) is 0 Å². The van der Waals surface area contributed by atoms with E-state index in [-0.39, 0.29) is 0 Å². The Morgan fingerprint density at radius 3 is 2.54 bits per heavy atom. The number of carbonyl (C=O) groups is 2. The van der Waals surface area contributed by atoms with Gasteiger partial charge in [-0.2, -0.15) is 0 Å². The lowest BCUT2D eigenvalue weighted by atomic mass is 10.5. The third-order valence-electron chi connectivity index (χ3n) is 0.943. The maximum absolute atomic E-state index is 10.7. The molecule has 0 fully saturated rings. The Morgan fingerprint density at radius 2 is 2.00 bits per heavy atom. The van der Waals surface area contributed by atoms with Crippen LogP contribution in [0.25, 0.3) is 0 Å². The van der Waals surface area contributed by atoms with Gasteiger partial charge in [-0.1, -0.05) is 6.08 Å². The molecule has 72 valence electrons. The summed E-state index contributed by atoms with van der Waals surface area (Å²) in [6.07, 6.45) is 5.29. The normalized spacial score (nSPS) is 10.6. The third kappa shape index (κ3) is 8.33. The first kappa shape index (κ1) is 11.4. The van der Waals surface area contributed by atoms with Crippen LogP contribution in [0.1, 0.15) is 13.8 Å². The van der Waals surface area contributed by atoms with E-state index < -0.39 is 11.9 Å². The number of esters is 2. The molecule has 13 heavy (non-hydrogen) atoms. The molecule has 0 unspecified atom stereocenters. The van der Waals surface area contributed by atoms with Crippen molar-refractivity contribution in [2.45, 2.75) is 13.8 Å². The smallest absolute Gasteiger partial charge is 0.330 e. The van der Waals surface area contributed by atoms with Crippen molar-refractivity contribution in [3.63, 3.8) is 0 Å². The van der Waals surface area contributed by atoms with Crippen LogP contribution in [0.2, 0.25) is 0 Å². The highest BCUT2D eigenvalue weighted by molar-refractivity contribution is 5.82. The molecule has 0 rings (SSSR count). The summed E-state index contributed by atoms with van der Waals surface area (Å²) in [7, 11) is 0. The fraction of sp³-hybridized carbons (Fsp3) is 0.333. The van der Waals surface area contributed by atoms with Gasteiger partial charge < -0.3 is 9.47 Å². The highest BCUT2D eigenvalue weighted by atomic mass is 16.5. The zero-order valence-corrected chi connectivity index (χ0v) is 7.65. The Bertz CT molecular complexity index is 228. The molecule has 0 aromatic heterocycles. The summed E-state index contributed by atoms with van der Waals surface area (Å²) in [4.78, 5) is 20.9. The van der Waals surface area contributed by atoms with Gasteiger partial charge in [0.2, 0.25) is 0 Å². The molecule has 0 radical (unpaired) electrons. The van der Waals surface area contributed by atoms with Crippen molar-refractivity contribution in [2.75, 3.05) is 6.61 Å². The summed E-state index contributed by atoms with van der Waals surface area (Å²) in [5.74, 6) is -0.823. The second-order valence-electron chi connectivity index (χ2n) is 2.05. The van der Waals surface area contributed by atoms with E-state index in [0.29, 0.717) is 6.61 Å². The minimum absolute atomic E-state index is 0.344. The summed E-state index contributed by atoms with van der Waals surface area (Å²) in [5.41, 5.74) is 0. The fourth-order valence-electron chi connectivity index (χ4n) is 0.505. The van der Waals surface area contributed by atoms with Gasteiger partial charge in [-0.25, -0.2) is 4.79 Å². The van der Waals surface area contributed by atoms with Crippen LogP contribution < -0.4 is 0 Å². The number of carbonyl (C=O) groups excluding carboxylic acids is 2. The molecule has 0 saturated carbocycles. The summed E-state index contributed by atoms with van der Waals surface area (Å²) in [5, 5.41) is 0. The average molecular weight is 184 g/mol. The largest absolute Gasteiger partial charge is 0.463 e. The lowest BCUT2D eigenvalue weighted by Gasteiger charge is -1.92. The Morgan fingerprint density at radius 1 is 1.31 bits per heavy atom. The maximum atomic E-state index is 10.7. The molecule has 0 aliphatic rings. The Kier molecular flexibility index (Phi) is 6.23. The average Bonchev–Trinajstić information content (AvgIpc) is 2.03. The molecule has 0 heterocycles. The van der Waals surface area contributed by atoms with Gasteiger partial charge in [0.15, 0.2) is 0 Å². The van der Waals surface area contributed by atoms with Crippen molar-refractivity contribution in [2.24, 2.45) is 0 Å². The van der Waals surface area contributed by atoms with Crippen LogP contribution in [-0.4, -0.2) is 18.5 Å². The van der Waals surface area contributed by atoms with Crippen molar-refractivity contribution in [1.29, 1.82) is 0 Å². The molecule has 0 spiro atoms. The fourth-order valence-corrected chi connectivity index (χ4v) is 0.505. The lowest BCUT2D eigenvalue weighted by Crippen LogP contribution is -1.98. The molecular formula is C9H12O4. The van der Waals surface area contributed by atoms with Gasteiger partial charge in [-0.05, 0) is 13.0 Å². The first-order valence-corrected chi connectivity index (χ1v) is 3.84. The van der Waals surface area contributed by atoms with Gasteiger partial charge in [0.1, 0.15) is 0 Å². The van der Waals surface area contributed by atoms with Crippen molar-refractivity contribution < 1.29 is 19.1 Å². The van der Waals surface area contributed by atoms with Gasteiger partial charge in [-0.3, -0.25) is 4.79 Å². The number of hydrogen-bond donors (Lipinski definition) is 0. The van der Waals surface area contributed by atoms with Crippen LogP contribution in [0.4, 0.5) is 0 Å². The number of rotatable bonds is 4. The zero-order valence-electron chi connectivity index (χ0n) is 7.65. The predicted octanol–water partition coefficient (Wildman–Crippen LogP) is 1.18. The maximum Gasteiger partial charge on any atom is 0.330 e. The van der Waals surface area contributed by atoms with E-state index in [4.69, 9.17) is 0 Å². The molecule has 0 aromatic carbocycles. The molecule has 0 N–H and O–H groups in total. The highest BCUT2D eigenvalue weighted by Gasteiger charge is 1.90. The Labute approximate surface area is 76.8 Å². The molecule has 0 aromatic rings. The van der Waals surface area contributed by atoms with Crippen LogP contribution in [0.15, 0.2) is 24.5 Å². The summed E-state index contributed by atoms with van der Waals surface area (Å²) in [6, 6.07) is 0. The van der Waals surface area contributed by atoms with Crippen LogP contribution in [0.3, 0.4) is 0 Å². The second kappa shape index (κ2) is 7.09. The van der Waals surface area contributed by atoms with Crippen molar-refractivity contribution in [3.8, 4) is 0 Å². The quantitative estimate of drug-likeness (QED) is 0.285. The minimum Gasteiger partial charge on any atom is -0.463 e. The van der Waals surface area contributed by atoms with Crippen LogP contribution in [0, 0.1) is 0 Å². The standard InChI is InChI=1S/C9H12O4/c1-3-12-9(11)6-4-5-7-13-8(2)10/h4-7H,3H2,1-2H3. The summed E-state index contributed by atoms with van der Waals surface area (Å²) < 4.78 is 9.06. The Hall–Kier alpha value is -1.58. The first-order chi connectivity index (χ1) is 6.16.